The number of rotatable bonds is 1. The molecule has 0 spiro atoms. The highest BCUT2D eigenvalue weighted by molar-refractivity contribution is 5.90. The monoisotopic (exact) mass is 241 g/mol. The molecule has 0 saturated heterocycles. The highest BCUT2D eigenvalue weighted by Gasteiger charge is 2.21. The average molecular weight is 241 g/mol. The van der Waals surface area contributed by atoms with Crippen LogP contribution in [0.25, 0.3) is 11.1 Å². The van der Waals surface area contributed by atoms with Gasteiger partial charge < -0.3 is 5.32 Å². The van der Waals surface area contributed by atoms with Gasteiger partial charge in [-0.05, 0) is 34.9 Å². The van der Waals surface area contributed by atoms with E-state index in [4.69, 9.17) is 0 Å². The molecule has 0 fully saturated rings. The Bertz CT molecular complexity index is 649. The predicted octanol–water partition coefficient (Wildman–Crippen LogP) is 3.36. The van der Waals surface area contributed by atoms with Crippen LogP contribution in [0.5, 0.6) is 0 Å². The maximum atomic E-state index is 13.7. The molecular formula is C15H12FNO. The third-order valence-electron chi connectivity index (χ3n) is 3.20. The SMILES string of the molecule is CC(=O)Nc1ccc2c(c1)Cc1c(F)cccc1-2. The van der Waals surface area contributed by atoms with Gasteiger partial charge in [0.15, 0.2) is 0 Å². The summed E-state index contributed by atoms with van der Waals surface area (Å²) >= 11 is 0. The fourth-order valence-corrected chi connectivity index (χ4v) is 2.46. The summed E-state index contributed by atoms with van der Waals surface area (Å²) in [7, 11) is 0. The van der Waals surface area contributed by atoms with Gasteiger partial charge in [0.05, 0.1) is 0 Å². The lowest BCUT2D eigenvalue weighted by Crippen LogP contribution is -2.05. The topological polar surface area (TPSA) is 29.1 Å². The molecule has 0 aliphatic heterocycles. The Labute approximate surface area is 104 Å². The van der Waals surface area contributed by atoms with Gasteiger partial charge >= 0.3 is 0 Å². The molecule has 1 N–H and O–H groups in total. The number of benzene rings is 2. The summed E-state index contributed by atoms with van der Waals surface area (Å²) in [6.45, 7) is 1.47. The molecule has 1 aliphatic rings. The molecule has 3 rings (SSSR count). The second kappa shape index (κ2) is 3.95. The third kappa shape index (κ3) is 1.68. The molecule has 0 bridgehead atoms. The molecule has 0 radical (unpaired) electrons. The Morgan fingerprint density at radius 2 is 2.06 bits per heavy atom. The molecule has 2 aromatic carbocycles. The summed E-state index contributed by atoms with van der Waals surface area (Å²) in [4.78, 5) is 11.0. The second-order valence-electron chi connectivity index (χ2n) is 4.50. The molecule has 0 aromatic heterocycles. The van der Waals surface area contributed by atoms with Crippen LogP contribution < -0.4 is 5.32 Å². The summed E-state index contributed by atoms with van der Waals surface area (Å²) in [5.41, 5.74) is 4.57. The third-order valence-corrected chi connectivity index (χ3v) is 3.20. The number of carbonyl (C=O) groups excluding carboxylic acids is 1. The molecule has 1 amide bonds. The van der Waals surface area contributed by atoms with E-state index >= 15 is 0 Å². The number of halogens is 1. The van der Waals surface area contributed by atoms with Crippen LogP contribution in [0, 0.1) is 5.82 Å². The van der Waals surface area contributed by atoms with Crippen LogP contribution in [0.4, 0.5) is 10.1 Å². The zero-order valence-corrected chi connectivity index (χ0v) is 9.96. The van der Waals surface area contributed by atoms with E-state index in [9.17, 15) is 9.18 Å². The van der Waals surface area contributed by atoms with Crippen molar-refractivity contribution < 1.29 is 9.18 Å². The molecule has 0 saturated carbocycles. The number of amides is 1. The normalized spacial score (nSPS) is 11.9. The molecule has 2 nitrogen and oxygen atoms in total. The first-order chi connectivity index (χ1) is 8.65. The molecule has 0 atom stereocenters. The predicted molar refractivity (Wildman–Crippen MR) is 68.9 cm³/mol. The van der Waals surface area contributed by atoms with Crippen LogP contribution in [-0.4, -0.2) is 5.91 Å². The first kappa shape index (κ1) is 11.0. The Morgan fingerprint density at radius 1 is 1.22 bits per heavy atom. The maximum absolute atomic E-state index is 13.7. The quantitative estimate of drug-likeness (QED) is 0.695. The van der Waals surface area contributed by atoms with Crippen LogP contribution in [0.1, 0.15) is 18.1 Å². The fourth-order valence-electron chi connectivity index (χ4n) is 2.46. The molecule has 1 aliphatic carbocycles. The summed E-state index contributed by atoms with van der Waals surface area (Å²) in [6.07, 6.45) is 0.588. The van der Waals surface area contributed by atoms with Gasteiger partial charge in [-0.1, -0.05) is 18.2 Å². The number of nitrogens with one attached hydrogen (secondary N) is 1. The van der Waals surface area contributed by atoms with Gasteiger partial charge in [-0.2, -0.15) is 0 Å². The van der Waals surface area contributed by atoms with Crippen molar-refractivity contribution in [1.82, 2.24) is 0 Å². The first-order valence-corrected chi connectivity index (χ1v) is 5.83. The number of fused-ring (bicyclic) bond motifs is 3. The van der Waals surface area contributed by atoms with Crippen molar-refractivity contribution in [1.29, 1.82) is 0 Å². The van der Waals surface area contributed by atoms with Crippen LogP contribution in [0.2, 0.25) is 0 Å². The lowest BCUT2D eigenvalue weighted by molar-refractivity contribution is -0.114. The van der Waals surface area contributed by atoms with E-state index in [0.29, 0.717) is 6.42 Å². The summed E-state index contributed by atoms with van der Waals surface area (Å²) in [5, 5.41) is 2.74. The minimum atomic E-state index is -0.162. The lowest BCUT2D eigenvalue weighted by Gasteiger charge is -2.05. The van der Waals surface area contributed by atoms with Gasteiger partial charge in [-0.25, -0.2) is 4.39 Å². The van der Waals surface area contributed by atoms with E-state index in [0.717, 1.165) is 27.9 Å². The first-order valence-electron chi connectivity index (χ1n) is 5.83. The number of carbonyl (C=O) groups is 1. The molecule has 3 heteroatoms. The largest absolute Gasteiger partial charge is 0.326 e. The average Bonchev–Trinajstić information content (AvgIpc) is 2.67. The molecule has 2 aromatic rings. The summed E-state index contributed by atoms with van der Waals surface area (Å²) < 4.78 is 13.7. The Hall–Kier alpha value is -2.16. The molecule has 18 heavy (non-hydrogen) atoms. The number of hydrogen-bond donors (Lipinski definition) is 1. The van der Waals surface area contributed by atoms with E-state index in [2.05, 4.69) is 5.32 Å². The Morgan fingerprint density at radius 3 is 2.83 bits per heavy atom. The molecule has 90 valence electrons. The van der Waals surface area contributed by atoms with Crippen molar-refractivity contribution in [2.45, 2.75) is 13.3 Å². The van der Waals surface area contributed by atoms with Gasteiger partial charge in [0.1, 0.15) is 5.82 Å². The second-order valence-corrected chi connectivity index (χ2v) is 4.50. The van der Waals surface area contributed by atoms with Gasteiger partial charge in [0.25, 0.3) is 0 Å². The minimum absolute atomic E-state index is 0.100. The van der Waals surface area contributed by atoms with Gasteiger partial charge in [-0.15, -0.1) is 0 Å². The van der Waals surface area contributed by atoms with Crippen molar-refractivity contribution >= 4 is 11.6 Å². The van der Waals surface area contributed by atoms with E-state index in [-0.39, 0.29) is 11.7 Å². The fraction of sp³-hybridized carbons (Fsp3) is 0.133. The van der Waals surface area contributed by atoms with Gasteiger partial charge in [0.2, 0.25) is 5.91 Å². The zero-order chi connectivity index (χ0) is 12.7. The highest BCUT2D eigenvalue weighted by atomic mass is 19.1. The molecule has 0 unspecified atom stereocenters. The number of anilines is 1. The van der Waals surface area contributed by atoms with Crippen LogP contribution in [0.3, 0.4) is 0 Å². The van der Waals surface area contributed by atoms with Crippen molar-refractivity contribution in [3.8, 4) is 11.1 Å². The van der Waals surface area contributed by atoms with Gasteiger partial charge in [0, 0.05) is 24.6 Å². The van der Waals surface area contributed by atoms with Crippen molar-refractivity contribution in [2.75, 3.05) is 5.32 Å². The summed E-state index contributed by atoms with van der Waals surface area (Å²) in [5.74, 6) is -0.263. The lowest BCUT2D eigenvalue weighted by atomic mass is 10.1. The van der Waals surface area contributed by atoms with Crippen molar-refractivity contribution in [3.05, 3.63) is 53.3 Å². The smallest absolute Gasteiger partial charge is 0.221 e. The van der Waals surface area contributed by atoms with Crippen LogP contribution in [-0.2, 0) is 11.2 Å². The van der Waals surface area contributed by atoms with Crippen molar-refractivity contribution in [2.24, 2.45) is 0 Å². The molecule has 0 heterocycles. The molecular weight excluding hydrogens is 229 g/mol. The highest BCUT2D eigenvalue weighted by Crippen LogP contribution is 2.38. The maximum Gasteiger partial charge on any atom is 0.221 e. The zero-order valence-electron chi connectivity index (χ0n) is 9.96. The van der Waals surface area contributed by atoms with E-state index in [1.54, 1.807) is 6.07 Å². The van der Waals surface area contributed by atoms with E-state index in [1.807, 2.05) is 24.3 Å². The summed E-state index contributed by atoms with van der Waals surface area (Å²) in [6, 6.07) is 10.8. The standard InChI is InChI=1S/C15H12FNO/c1-9(18)17-11-5-6-12-10(7-11)8-14-13(12)3-2-4-15(14)16/h2-7H,8H2,1H3,(H,17,18). The van der Waals surface area contributed by atoms with E-state index < -0.39 is 0 Å². The van der Waals surface area contributed by atoms with Crippen LogP contribution >= 0.6 is 0 Å². The van der Waals surface area contributed by atoms with Crippen molar-refractivity contribution in [3.63, 3.8) is 0 Å². The number of hydrogen-bond acceptors (Lipinski definition) is 1. The Balaban J connectivity index is 2.06. The van der Waals surface area contributed by atoms with Gasteiger partial charge in [-0.3, -0.25) is 4.79 Å². The van der Waals surface area contributed by atoms with E-state index in [1.165, 1.54) is 13.0 Å². The minimum Gasteiger partial charge on any atom is -0.326 e. The Kier molecular flexibility index (Phi) is 2.40. The van der Waals surface area contributed by atoms with Crippen LogP contribution in [0.15, 0.2) is 36.4 Å².